The van der Waals surface area contributed by atoms with E-state index in [9.17, 15) is 4.79 Å². The van der Waals surface area contributed by atoms with Gasteiger partial charge in [0.05, 0.1) is 17.9 Å². The van der Waals surface area contributed by atoms with Gasteiger partial charge in [-0.2, -0.15) is 9.78 Å². The van der Waals surface area contributed by atoms with Gasteiger partial charge in [0.2, 0.25) is 0 Å². The monoisotopic (exact) mass is 510 g/mol. The maximum absolute atomic E-state index is 14.4. The Balaban J connectivity index is 1.43. The van der Waals surface area contributed by atoms with E-state index in [0.717, 1.165) is 70.1 Å². The Morgan fingerprint density at radius 1 is 0.821 bits per heavy atom. The summed E-state index contributed by atoms with van der Waals surface area (Å²) in [6.45, 7) is 0.724. The Morgan fingerprint density at radius 3 is 2.36 bits per heavy atom. The first kappa shape index (κ1) is 23.2. The molecule has 6 heteroatoms. The second kappa shape index (κ2) is 9.72. The number of hydrogen-bond acceptors (Lipinski definition) is 5. The molecule has 0 fully saturated rings. The molecule has 1 N–H and O–H groups in total. The first-order valence-electron chi connectivity index (χ1n) is 13.2. The third-order valence-electron chi connectivity index (χ3n) is 7.28. The third kappa shape index (κ3) is 4.20. The molecular weight excluding hydrogens is 484 g/mol. The maximum Gasteiger partial charge on any atom is 0.280 e. The van der Waals surface area contributed by atoms with Crippen LogP contribution in [0.3, 0.4) is 0 Å². The van der Waals surface area contributed by atoms with Gasteiger partial charge in [0.1, 0.15) is 17.3 Å². The van der Waals surface area contributed by atoms with Crippen LogP contribution < -0.4 is 10.1 Å². The molecule has 0 radical (unpaired) electrons. The van der Waals surface area contributed by atoms with E-state index in [1.54, 1.807) is 10.9 Å². The minimum Gasteiger partial charge on any atom is -0.493 e. The number of aryl methyl sites for hydroxylation is 1. The van der Waals surface area contributed by atoms with Crippen molar-refractivity contribution < 1.29 is 9.53 Å². The first-order chi connectivity index (χ1) is 19.3. The predicted octanol–water partition coefficient (Wildman–Crippen LogP) is 6.66. The normalized spacial score (nSPS) is 14.4. The number of anilines is 1. The van der Waals surface area contributed by atoms with Crippen LogP contribution in [0.25, 0.3) is 28.0 Å². The summed E-state index contributed by atoms with van der Waals surface area (Å²) in [5, 5.41) is 8.43. The molecule has 0 aliphatic carbocycles. The van der Waals surface area contributed by atoms with Crippen molar-refractivity contribution in [2.45, 2.75) is 19.3 Å². The van der Waals surface area contributed by atoms with Gasteiger partial charge in [0.15, 0.2) is 0 Å². The van der Waals surface area contributed by atoms with Crippen molar-refractivity contribution in [3.8, 4) is 28.1 Å². The Labute approximate surface area is 226 Å². The smallest absolute Gasteiger partial charge is 0.280 e. The quantitative estimate of drug-likeness (QED) is 0.286. The average molecular weight is 511 g/mol. The van der Waals surface area contributed by atoms with Crippen molar-refractivity contribution >= 4 is 17.3 Å². The molecule has 0 bridgehead atoms. The molecular formula is C33H26N4O2. The molecule has 2 aliphatic heterocycles. The standard InChI is InChI=1S/C33H26N4O2/c38-33-30(25-16-17-28-24(20-25)14-9-19-39-28)26(35-29-15-7-8-18-34-29)21-27-31(22-10-3-1-4-11-22)32(36-37(27)33)23-12-5-2-6-13-23/h1-8,10-13,15-18,20H,9,14,19,21H2,(H,34,35). The van der Waals surface area contributed by atoms with Gasteiger partial charge in [-0.3, -0.25) is 4.79 Å². The van der Waals surface area contributed by atoms with Gasteiger partial charge >= 0.3 is 0 Å². The molecule has 190 valence electrons. The van der Waals surface area contributed by atoms with Gasteiger partial charge < -0.3 is 10.1 Å². The van der Waals surface area contributed by atoms with E-state index >= 15 is 0 Å². The van der Waals surface area contributed by atoms with E-state index in [-0.39, 0.29) is 5.91 Å². The first-order valence-corrected chi connectivity index (χ1v) is 13.2. The topological polar surface area (TPSA) is 69.0 Å². The molecule has 2 aromatic heterocycles. The number of hydrogen-bond donors (Lipinski definition) is 1. The van der Waals surface area contributed by atoms with Crippen molar-refractivity contribution in [2.75, 3.05) is 11.9 Å². The fraction of sp³-hybridized carbons (Fsp3) is 0.121. The van der Waals surface area contributed by atoms with Crippen LogP contribution in [0.4, 0.5) is 5.82 Å². The van der Waals surface area contributed by atoms with Crippen LogP contribution in [0.5, 0.6) is 5.75 Å². The molecule has 5 aromatic rings. The summed E-state index contributed by atoms with van der Waals surface area (Å²) in [4.78, 5) is 18.9. The Hall–Kier alpha value is -4.97. The van der Waals surface area contributed by atoms with Gasteiger partial charge in [-0.05, 0) is 53.8 Å². The van der Waals surface area contributed by atoms with Crippen LogP contribution in [0.2, 0.25) is 0 Å². The molecule has 6 nitrogen and oxygen atoms in total. The van der Waals surface area contributed by atoms with E-state index in [1.165, 1.54) is 0 Å². The van der Waals surface area contributed by atoms with Crippen LogP contribution in [-0.4, -0.2) is 27.3 Å². The number of rotatable bonds is 5. The summed E-state index contributed by atoms with van der Waals surface area (Å²) in [6, 6.07) is 32.0. The molecule has 4 heterocycles. The number of carbonyl (C=O) groups excluding carboxylic acids is 1. The summed E-state index contributed by atoms with van der Waals surface area (Å²) >= 11 is 0. The van der Waals surface area contributed by atoms with Crippen LogP contribution in [-0.2, 0) is 12.8 Å². The van der Waals surface area contributed by atoms with Gasteiger partial charge in [-0.1, -0.05) is 72.8 Å². The molecule has 7 rings (SSSR count). The summed E-state index contributed by atoms with van der Waals surface area (Å²) < 4.78 is 7.44. The van der Waals surface area contributed by atoms with E-state index in [4.69, 9.17) is 9.84 Å². The van der Waals surface area contributed by atoms with Crippen molar-refractivity contribution in [1.82, 2.24) is 14.8 Å². The zero-order chi connectivity index (χ0) is 26.2. The summed E-state index contributed by atoms with van der Waals surface area (Å²) in [6.07, 6.45) is 4.13. The van der Waals surface area contributed by atoms with Crippen LogP contribution in [0.1, 0.15) is 28.0 Å². The molecule has 0 unspecified atom stereocenters. The lowest BCUT2D eigenvalue weighted by Gasteiger charge is -2.24. The SMILES string of the molecule is O=C1C(c2ccc3c(c2)CCCO3)=C(Nc2ccccn2)Cc2c(-c3ccccc3)c(-c3ccccc3)nn21. The molecule has 0 amide bonds. The highest BCUT2D eigenvalue weighted by Gasteiger charge is 2.33. The lowest BCUT2D eigenvalue weighted by molar-refractivity contribution is 0.0958. The van der Waals surface area contributed by atoms with Crippen LogP contribution >= 0.6 is 0 Å². The molecule has 39 heavy (non-hydrogen) atoms. The number of aromatic nitrogens is 3. The van der Waals surface area contributed by atoms with Gasteiger partial charge in [0, 0.05) is 29.4 Å². The molecule has 2 aliphatic rings. The molecule has 0 saturated carbocycles. The highest BCUT2D eigenvalue weighted by atomic mass is 16.5. The number of pyridine rings is 1. The number of benzene rings is 3. The number of nitrogens with one attached hydrogen (secondary N) is 1. The van der Waals surface area contributed by atoms with Crippen molar-refractivity contribution in [3.05, 3.63) is 126 Å². The number of nitrogens with zero attached hydrogens (tertiary/aromatic N) is 3. The van der Waals surface area contributed by atoms with E-state index < -0.39 is 0 Å². The lowest BCUT2D eigenvalue weighted by Crippen LogP contribution is -2.27. The highest BCUT2D eigenvalue weighted by molar-refractivity contribution is 6.23. The maximum atomic E-state index is 14.4. The fourth-order valence-electron chi connectivity index (χ4n) is 5.49. The fourth-order valence-corrected chi connectivity index (χ4v) is 5.49. The summed E-state index contributed by atoms with van der Waals surface area (Å²) in [5.74, 6) is 1.42. The predicted molar refractivity (Wildman–Crippen MR) is 152 cm³/mol. The van der Waals surface area contributed by atoms with E-state index in [1.807, 2.05) is 78.9 Å². The number of allylic oxidation sites excluding steroid dienone is 2. The molecule has 0 atom stereocenters. The van der Waals surface area contributed by atoms with Gasteiger partial charge in [-0.15, -0.1) is 0 Å². The van der Waals surface area contributed by atoms with E-state index in [0.29, 0.717) is 17.8 Å². The second-order valence-corrected chi connectivity index (χ2v) is 9.76. The Morgan fingerprint density at radius 2 is 1.59 bits per heavy atom. The minimum atomic E-state index is -0.161. The van der Waals surface area contributed by atoms with Crippen LogP contribution in [0, 0.1) is 0 Å². The number of fused-ring (bicyclic) bond motifs is 2. The molecule has 0 saturated heterocycles. The molecule has 0 spiro atoms. The Kier molecular flexibility index (Phi) is 5.78. The third-order valence-corrected chi connectivity index (χ3v) is 7.28. The van der Waals surface area contributed by atoms with Crippen molar-refractivity contribution in [3.63, 3.8) is 0 Å². The number of ether oxygens (including phenoxy) is 1. The minimum absolute atomic E-state index is 0.161. The van der Waals surface area contributed by atoms with Crippen LogP contribution in [0.15, 0.2) is 109 Å². The highest BCUT2D eigenvalue weighted by Crippen LogP contribution is 2.40. The second-order valence-electron chi connectivity index (χ2n) is 9.76. The number of carbonyl (C=O) groups is 1. The van der Waals surface area contributed by atoms with Gasteiger partial charge in [0.25, 0.3) is 5.91 Å². The Bertz CT molecular complexity index is 1710. The lowest BCUT2D eigenvalue weighted by atomic mass is 9.91. The zero-order valence-electron chi connectivity index (χ0n) is 21.3. The van der Waals surface area contributed by atoms with Crippen molar-refractivity contribution in [1.29, 1.82) is 0 Å². The average Bonchev–Trinajstić information content (AvgIpc) is 3.38. The largest absolute Gasteiger partial charge is 0.493 e. The molecule has 3 aromatic carbocycles. The zero-order valence-corrected chi connectivity index (χ0v) is 21.3. The van der Waals surface area contributed by atoms with Crippen molar-refractivity contribution in [2.24, 2.45) is 0 Å². The van der Waals surface area contributed by atoms with Gasteiger partial charge in [-0.25, -0.2) is 4.98 Å². The summed E-state index contributed by atoms with van der Waals surface area (Å²) in [5.41, 5.74) is 7.99. The summed E-state index contributed by atoms with van der Waals surface area (Å²) in [7, 11) is 0. The van der Waals surface area contributed by atoms with E-state index in [2.05, 4.69) is 28.5 Å².